The van der Waals surface area contributed by atoms with Gasteiger partial charge >= 0.3 is 5.97 Å². The molecule has 7 nitrogen and oxygen atoms in total. The highest BCUT2D eigenvalue weighted by molar-refractivity contribution is 6.16. The maximum atomic E-state index is 13.9. The molecule has 30 heavy (non-hydrogen) atoms. The summed E-state index contributed by atoms with van der Waals surface area (Å²) in [6, 6.07) is 10.4. The van der Waals surface area contributed by atoms with Crippen molar-refractivity contribution in [3.05, 3.63) is 76.6 Å². The first-order valence-corrected chi connectivity index (χ1v) is 9.62. The molecule has 8 heteroatoms. The number of aryl methyl sites for hydroxylation is 1. The number of ether oxygens (including phenoxy) is 1. The molecule has 2 N–H and O–H groups in total. The Balaban J connectivity index is 1.93. The number of aromatic amines is 1. The summed E-state index contributed by atoms with van der Waals surface area (Å²) in [6.07, 6.45) is 0. The lowest BCUT2D eigenvalue weighted by Crippen LogP contribution is -2.47. The fraction of sp³-hybridized carbons (Fsp3) is 0.273. The van der Waals surface area contributed by atoms with Gasteiger partial charge in [-0.3, -0.25) is 9.89 Å². The number of carbonyl (C=O) groups excluding carboxylic acids is 2. The van der Waals surface area contributed by atoms with Crippen molar-refractivity contribution in [3.63, 3.8) is 0 Å². The van der Waals surface area contributed by atoms with E-state index in [-0.39, 0.29) is 29.3 Å². The number of benzene rings is 2. The van der Waals surface area contributed by atoms with Crippen molar-refractivity contribution < 1.29 is 18.7 Å². The maximum absolute atomic E-state index is 13.9. The second-order valence-electron chi connectivity index (χ2n) is 7.34. The summed E-state index contributed by atoms with van der Waals surface area (Å²) >= 11 is 0. The Labute approximate surface area is 172 Å². The van der Waals surface area contributed by atoms with E-state index in [2.05, 4.69) is 20.5 Å². The minimum Gasteiger partial charge on any atom is -0.462 e. The van der Waals surface area contributed by atoms with E-state index in [1.807, 2.05) is 0 Å². The lowest BCUT2D eigenvalue weighted by molar-refractivity contribution is 0.0521. The Morgan fingerprint density at radius 1 is 1.23 bits per heavy atom. The van der Waals surface area contributed by atoms with Gasteiger partial charge in [-0.25, -0.2) is 14.2 Å². The summed E-state index contributed by atoms with van der Waals surface area (Å²) in [5.74, 6) is -0.396. The number of rotatable bonds is 4. The number of anilines is 1. The molecule has 154 valence electrons. The van der Waals surface area contributed by atoms with E-state index in [0.29, 0.717) is 22.9 Å². The average Bonchev–Trinajstić information content (AvgIpc) is 3.18. The SMILES string of the molecule is CCOC(=O)c1cccc2c1C(=O)C(C)(c1nc(C)n[nH]1)C(c1ccc(F)cc1)N2. The molecule has 0 saturated carbocycles. The van der Waals surface area contributed by atoms with Gasteiger partial charge in [0.05, 0.1) is 23.8 Å². The first-order chi connectivity index (χ1) is 14.4. The molecule has 1 aromatic heterocycles. The van der Waals surface area contributed by atoms with Gasteiger partial charge in [0.25, 0.3) is 0 Å². The normalized spacial score (nSPS) is 20.4. The number of ketones is 1. The van der Waals surface area contributed by atoms with Crippen molar-refractivity contribution in [2.24, 2.45) is 0 Å². The molecular formula is C22H21FN4O3. The number of fused-ring (bicyclic) bond motifs is 1. The third-order valence-corrected chi connectivity index (χ3v) is 5.43. The summed E-state index contributed by atoms with van der Waals surface area (Å²) < 4.78 is 18.7. The molecule has 2 unspecified atom stereocenters. The molecule has 2 aromatic carbocycles. The highest BCUT2D eigenvalue weighted by Crippen LogP contribution is 2.46. The molecule has 2 atom stereocenters. The Morgan fingerprint density at radius 2 is 1.97 bits per heavy atom. The second-order valence-corrected chi connectivity index (χ2v) is 7.34. The van der Waals surface area contributed by atoms with E-state index in [1.165, 1.54) is 12.1 Å². The summed E-state index contributed by atoms with van der Waals surface area (Å²) in [4.78, 5) is 30.9. The minimum absolute atomic E-state index is 0.187. The molecule has 1 aliphatic rings. The quantitative estimate of drug-likeness (QED) is 0.639. The minimum atomic E-state index is -1.23. The van der Waals surface area contributed by atoms with Gasteiger partial charge < -0.3 is 10.1 Å². The van der Waals surface area contributed by atoms with Crippen LogP contribution in [-0.2, 0) is 10.2 Å². The van der Waals surface area contributed by atoms with Crippen LogP contribution in [0.1, 0.15) is 57.8 Å². The van der Waals surface area contributed by atoms with Gasteiger partial charge in [0.2, 0.25) is 0 Å². The van der Waals surface area contributed by atoms with Crippen LogP contribution >= 0.6 is 0 Å². The fourth-order valence-corrected chi connectivity index (χ4v) is 3.88. The number of aromatic nitrogens is 3. The van der Waals surface area contributed by atoms with Gasteiger partial charge in [0, 0.05) is 5.69 Å². The smallest absolute Gasteiger partial charge is 0.338 e. The summed E-state index contributed by atoms with van der Waals surface area (Å²) in [5, 5.41) is 10.3. The van der Waals surface area contributed by atoms with Crippen LogP contribution < -0.4 is 5.32 Å². The van der Waals surface area contributed by atoms with Gasteiger partial charge in [-0.1, -0.05) is 18.2 Å². The van der Waals surface area contributed by atoms with E-state index >= 15 is 0 Å². The highest BCUT2D eigenvalue weighted by Gasteiger charge is 2.51. The van der Waals surface area contributed by atoms with E-state index < -0.39 is 17.4 Å². The summed E-state index contributed by atoms with van der Waals surface area (Å²) in [5.41, 5.74) is 0.411. The lowest BCUT2D eigenvalue weighted by Gasteiger charge is -2.41. The molecule has 4 rings (SSSR count). The number of nitrogens with one attached hydrogen (secondary N) is 2. The molecule has 3 aromatic rings. The Kier molecular flexibility index (Phi) is 4.85. The standard InChI is InChI=1S/C22H21FN4O3/c1-4-30-20(29)15-6-5-7-16-17(15)19(28)22(3,21-24-12(2)26-27-21)18(25-16)13-8-10-14(23)11-9-13/h5-11,18,25H,4H2,1-3H3,(H,24,26,27). The maximum Gasteiger partial charge on any atom is 0.338 e. The highest BCUT2D eigenvalue weighted by atomic mass is 19.1. The first-order valence-electron chi connectivity index (χ1n) is 9.62. The molecule has 0 radical (unpaired) electrons. The Hall–Kier alpha value is -3.55. The van der Waals surface area contributed by atoms with Gasteiger partial charge in [-0.15, -0.1) is 0 Å². The van der Waals surface area contributed by atoms with E-state index in [9.17, 15) is 14.0 Å². The number of hydrogen-bond donors (Lipinski definition) is 2. The van der Waals surface area contributed by atoms with Crippen LogP contribution in [0, 0.1) is 12.7 Å². The van der Waals surface area contributed by atoms with E-state index in [4.69, 9.17) is 4.74 Å². The zero-order valence-corrected chi connectivity index (χ0v) is 16.8. The number of Topliss-reactive ketones (excluding diaryl/α,β-unsaturated/α-hetero) is 1. The van der Waals surface area contributed by atoms with Gasteiger partial charge in [-0.2, -0.15) is 5.10 Å². The van der Waals surface area contributed by atoms with Gasteiger partial charge in [0.15, 0.2) is 5.78 Å². The fourth-order valence-electron chi connectivity index (χ4n) is 3.88. The number of esters is 1. The second kappa shape index (κ2) is 7.37. The van der Waals surface area contributed by atoms with Gasteiger partial charge in [0.1, 0.15) is 22.9 Å². The van der Waals surface area contributed by atoms with Crippen LogP contribution in [0.4, 0.5) is 10.1 Å². The van der Waals surface area contributed by atoms with Crippen LogP contribution in [0.15, 0.2) is 42.5 Å². The molecule has 0 bridgehead atoms. The largest absolute Gasteiger partial charge is 0.462 e. The number of halogens is 1. The van der Waals surface area contributed by atoms with Crippen molar-refractivity contribution in [1.82, 2.24) is 15.2 Å². The lowest BCUT2D eigenvalue weighted by atomic mass is 9.69. The van der Waals surface area contributed by atoms with Crippen LogP contribution in [0.25, 0.3) is 0 Å². The van der Waals surface area contributed by atoms with Crippen molar-refractivity contribution in [1.29, 1.82) is 0 Å². The third-order valence-electron chi connectivity index (χ3n) is 5.43. The molecule has 0 saturated heterocycles. The van der Waals surface area contributed by atoms with Gasteiger partial charge in [-0.05, 0) is 50.6 Å². The predicted octanol–water partition coefficient (Wildman–Crippen LogP) is 3.74. The third kappa shape index (κ3) is 3.04. The van der Waals surface area contributed by atoms with E-state index in [0.717, 1.165) is 0 Å². The monoisotopic (exact) mass is 408 g/mol. The van der Waals surface area contributed by atoms with Crippen LogP contribution in [-0.4, -0.2) is 33.5 Å². The molecule has 0 fully saturated rings. The average molecular weight is 408 g/mol. The molecular weight excluding hydrogens is 387 g/mol. The predicted molar refractivity (Wildman–Crippen MR) is 108 cm³/mol. The Morgan fingerprint density at radius 3 is 2.60 bits per heavy atom. The van der Waals surface area contributed by atoms with Crippen molar-refractivity contribution in [2.75, 3.05) is 11.9 Å². The molecule has 0 spiro atoms. The summed E-state index contributed by atoms with van der Waals surface area (Å²) in [6.45, 7) is 5.36. The Bertz CT molecular complexity index is 1130. The topological polar surface area (TPSA) is 97.0 Å². The van der Waals surface area contributed by atoms with Crippen molar-refractivity contribution in [2.45, 2.75) is 32.2 Å². The number of H-pyrrole nitrogens is 1. The number of nitrogens with zero attached hydrogens (tertiary/aromatic N) is 2. The zero-order valence-electron chi connectivity index (χ0n) is 16.8. The zero-order chi connectivity index (χ0) is 21.5. The van der Waals surface area contributed by atoms with Crippen molar-refractivity contribution >= 4 is 17.4 Å². The van der Waals surface area contributed by atoms with Crippen LogP contribution in [0.3, 0.4) is 0 Å². The summed E-state index contributed by atoms with van der Waals surface area (Å²) in [7, 11) is 0. The first kappa shape index (κ1) is 19.8. The molecule has 1 aliphatic heterocycles. The molecule has 2 heterocycles. The van der Waals surface area contributed by atoms with Crippen molar-refractivity contribution in [3.8, 4) is 0 Å². The molecule has 0 aliphatic carbocycles. The van der Waals surface area contributed by atoms with Crippen LogP contribution in [0.5, 0.6) is 0 Å². The number of carbonyl (C=O) groups is 2. The van der Waals surface area contributed by atoms with Crippen LogP contribution in [0.2, 0.25) is 0 Å². The number of hydrogen-bond acceptors (Lipinski definition) is 6. The molecule has 0 amide bonds. The van der Waals surface area contributed by atoms with E-state index in [1.54, 1.807) is 51.1 Å².